The zero-order valence-electron chi connectivity index (χ0n) is 16.0. The molecule has 1 aliphatic heterocycles. The van der Waals surface area contributed by atoms with Crippen molar-refractivity contribution in [2.45, 2.75) is 6.92 Å². The summed E-state index contributed by atoms with van der Waals surface area (Å²) in [7, 11) is 0. The third-order valence-corrected chi connectivity index (χ3v) is 6.13. The van der Waals surface area contributed by atoms with Crippen molar-refractivity contribution in [1.82, 2.24) is 15.0 Å². The number of pyridine rings is 1. The number of aromatic nitrogens is 3. The Morgan fingerprint density at radius 1 is 0.966 bits per heavy atom. The summed E-state index contributed by atoms with van der Waals surface area (Å²) in [6.45, 7) is 5.15. The van der Waals surface area contributed by atoms with E-state index in [0.717, 1.165) is 47.8 Å². The first-order valence-corrected chi connectivity index (χ1v) is 10.4. The Labute approximate surface area is 172 Å². The fourth-order valence-electron chi connectivity index (χ4n) is 3.76. The van der Waals surface area contributed by atoms with Crippen LogP contribution in [0.15, 0.2) is 54.9 Å². The molecule has 0 N–H and O–H groups in total. The summed E-state index contributed by atoms with van der Waals surface area (Å²) in [6, 6.07) is 13.0. The number of aryl methyl sites for hydroxylation is 1. The van der Waals surface area contributed by atoms with Crippen LogP contribution in [-0.4, -0.2) is 41.1 Å². The van der Waals surface area contributed by atoms with Crippen LogP contribution in [0.1, 0.15) is 4.88 Å². The molecule has 4 aromatic rings. The number of halogens is 1. The van der Waals surface area contributed by atoms with Gasteiger partial charge in [-0.15, -0.1) is 11.3 Å². The van der Waals surface area contributed by atoms with Crippen LogP contribution in [0.5, 0.6) is 0 Å². The van der Waals surface area contributed by atoms with Gasteiger partial charge in [0.15, 0.2) is 5.82 Å². The average molecular weight is 406 g/mol. The van der Waals surface area contributed by atoms with Crippen molar-refractivity contribution in [3.05, 3.63) is 65.6 Å². The van der Waals surface area contributed by atoms with Crippen molar-refractivity contribution in [2.24, 2.45) is 0 Å². The van der Waals surface area contributed by atoms with E-state index in [-0.39, 0.29) is 5.82 Å². The summed E-state index contributed by atoms with van der Waals surface area (Å²) in [5.74, 6) is 1.48. The number of rotatable bonds is 3. The van der Waals surface area contributed by atoms with Gasteiger partial charge < -0.3 is 9.80 Å². The summed E-state index contributed by atoms with van der Waals surface area (Å²) in [5, 5.41) is 1.08. The lowest BCUT2D eigenvalue weighted by molar-refractivity contribution is 0.597. The average Bonchev–Trinajstić information content (AvgIpc) is 3.14. The molecule has 29 heavy (non-hydrogen) atoms. The van der Waals surface area contributed by atoms with Crippen molar-refractivity contribution in [3.63, 3.8) is 0 Å². The van der Waals surface area contributed by atoms with Gasteiger partial charge in [-0.1, -0.05) is 12.1 Å². The van der Waals surface area contributed by atoms with E-state index in [2.05, 4.69) is 27.8 Å². The van der Waals surface area contributed by atoms with E-state index in [0.29, 0.717) is 11.5 Å². The van der Waals surface area contributed by atoms with Gasteiger partial charge in [0.1, 0.15) is 16.5 Å². The highest BCUT2D eigenvalue weighted by atomic mass is 32.1. The fraction of sp³-hybridized carbons (Fsp3) is 0.227. The van der Waals surface area contributed by atoms with Gasteiger partial charge in [0.25, 0.3) is 0 Å². The second-order valence-corrected chi connectivity index (χ2v) is 8.35. The molecule has 1 fully saturated rings. The predicted octanol–water partition coefficient (Wildman–Crippen LogP) is 4.53. The molecule has 146 valence electrons. The van der Waals surface area contributed by atoms with Crippen molar-refractivity contribution in [1.29, 1.82) is 0 Å². The number of thiophene rings is 1. The number of para-hydroxylation sites is 1. The SMILES string of the molecule is Cc1cc2c(N3CCN(c4ccccc4F)CC3)nc(-c3cccnc3)nc2s1. The normalized spacial score (nSPS) is 14.6. The minimum atomic E-state index is -0.169. The maximum atomic E-state index is 14.2. The lowest BCUT2D eigenvalue weighted by atomic mass is 10.2. The van der Waals surface area contributed by atoms with Gasteiger partial charge in [-0.3, -0.25) is 4.98 Å². The highest BCUT2D eigenvalue weighted by Crippen LogP contribution is 2.33. The minimum Gasteiger partial charge on any atom is -0.366 e. The van der Waals surface area contributed by atoms with Crippen molar-refractivity contribution < 1.29 is 4.39 Å². The second-order valence-electron chi connectivity index (χ2n) is 7.11. The molecule has 7 heteroatoms. The molecule has 4 heterocycles. The number of hydrogen-bond donors (Lipinski definition) is 0. The van der Waals surface area contributed by atoms with E-state index in [4.69, 9.17) is 9.97 Å². The van der Waals surface area contributed by atoms with Gasteiger partial charge in [0, 0.05) is 49.0 Å². The summed E-state index contributed by atoms with van der Waals surface area (Å²) < 4.78 is 14.2. The number of nitrogens with zero attached hydrogens (tertiary/aromatic N) is 5. The molecule has 1 aliphatic rings. The first-order valence-electron chi connectivity index (χ1n) is 9.62. The summed E-state index contributed by atoms with van der Waals surface area (Å²) >= 11 is 1.68. The van der Waals surface area contributed by atoms with Gasteiger partial charge in [-0.2, -0.15) is 0 Å². The Morgan fingerprint density at radius 2 is 1.76 bits per heavy atom. The Hall–Kier alpha value is -3.06. The van der Waals surface area contributed by atoms with E-state index in [9.17, 15) is 4.39 Å². The van der Waals surface area contributed by atoms with Crippen LogP contribution in [0.2, 0.25) is 0 Å². The third kappa shape index (κ3) is 3.42. The Balaban J connectivity index is 1.48. The van der Waals surface area contributed by atoms with Crippen LogP contribution >= 0.6 is 11.3 Å². The monoisotopic (exact) mass is 405 g/mol. The number of benzene rings is 1. The van der Waals surface area contributed by atoms with Gasteiger partial charge in [0.05, 0.1) is 11.1 Å². The standard InChI is InChI=1S/C22H20FN5S/c1-15-13-17-21(25-20(26-22(17)29-15)16-5-4-8-24-14-16)28-11-9-27(10-12-28)19-7-3-2-6-18(19)23/h2-8,13-14H,9-12H2,1H3. The first-order chi connectivity index (χ1) is 14.2. The molecule has 0 bridgehead atoms. The van der Waals surface area contributed by atoms with Crippen LogP contribution in [-0.2, 0) is 0 Å². The van der Waals surface area contributed by atoms with Crippen LogP contribution in [0, 0.1) is 12.7 Å². The fourth-order valence-corrected chi connectivity index (χ4v) is 4.63. The van der Waals surface area contributed by atoms with E-state index in [1.165, 1.54) is 10.9 Å². The summed E-state index contributed by atoms with van der Waals surface area (Å²) in [5.41, 5.74) is 1.58. The Bertz CT molecular complexity index is 1150. The summed E-state index contributed by atoms with van der Waals surface area (Å²) in [6.07, 6.45) is 3.54. The predicted molar refractivity (Wildman–Crippen MR) is 116 cm³/mol. The zero-order chi connectivity index (χ0) is 19.8. The molecule has 0 spiro atoms. The molecule has 5 rings (SSSR count). The largest absolute Gasteiger partial charge is 0.366 e. The van der Waals surface area contributed by atoms with Crippen molar-refractivity contribution >= 4 is 33.1 Å². The topological polar surface area (TPSA) is 45.2 Å². The quantitative estimate of drug-likeness (QED) is 0.501. The van der Waals surface area contributed by atoms with Crippen molar-refractivity contribution in [2.75, 3.05) is 36.0 Å². The lowest BCUT2D eigenvalue weighted by Gasteiger charge is -2.37. The van der Waals surface area contributed by atoms with Crippen LogP contribution in [0.25, 0.3) is 21.6 Å². The van der Waals surface area contributed by atoms with Crippen LogP contribution in [0.3, 0.4) is 0 Å². The summed E-state index contributed by atoms with van der Waals surface area (Å²) in [4.78, 5) is 20.5. The maximum absolute atomic E-state index is 14.2. The van der Waals surface area contributed by atoms with Gasteiger partial charge in [-0.05, 0) is 37.3 Å². The molecule has 5 nitrogen and oxygen atoms in total. The van der Waals surface area contributed by atoms with Gasteiger partial charge in [0.2, 0.25) is 0 Å². The maximum Gasteiger partial charge on any atom is 0.164 e. The first kappa shape index (κ1) is 18.0. The Kier molecular flexibility index (Phi) is 4.60. The number of hydrogen-bond acceptors (Lipinski definition) is 6. The zero-order valence-corrected chi connectivity index (χ0v) is 16.9. The van der Waals surface area contributed by atoms with E-state index < -0.39 is 0 Å². The molecule has 0 unspecified atom stereocenters. The lowest BCUT2D eigenvalue weighted by Crippen LogP contribution is -2.47. The van der Waals surface area contributed by atoms with Crippen LogP contribution < -0.4 is 9.80 Å². The number of fused-ring (bicyclic) bond motifs is 1. The third-order valence-electron chi connectivity index (χ3n) is 5.19. The van der Waals surface area contributed by atoms with E-state index in [1.54, 1.807) is 29.8 Å². The molecule has 0 atom stereocenters. The van der Waals surface area contributed by atoms with Crippen LogP contribution in [0.4, 0.5) is 15.9 Å². The van der Waals surface area contributed by atoms with E-state index >= 15 is 0 Å². The number of piperazine rings is 1. The van der Waals surface area contributed by atoms with Gasteiger partial charge in [-0.25, -0.2) is 14.4 Å². The smallest absolute Gasteiger partial charge is 0.164 e. The van der Waals surface area contributed by atoms with Gasteiger partial charge >= 0.3 is 0 Å². The molecule has 0 amide bonds. The van der Waals surface area contributed by atoms with Crippen molar-refractivity contribution in [3.8, 4) is 11.4 Å². The molecule has 0 saturated carbocycles. The second kappa shape index (κ2) is 7.40. The molecule has 0 radical (unpaired) electrons. The minimum absolute atomic E-state index is 0.169. The Morgan fingerprint density at radius 3 is 2.52 bits per heavy atom. The molecular formula is C22H20FN5S. The highest BCUT2D eigenvalue weighted by Gasteiger charge is 2.23. The molecule has 0 aliphatic carbocycles. The molecule has 1 aromatic carbocycles. The highest BCUT2D eigenvalue weighted by molar-refractivity contribution is 7.18. The number of anilines is 2. The molecule has 3 aromatic heterocycles. The van der Waals surface area contributed by atoms with E-state index in [1.807, 2.05) is 24.3 Å². The molecular weight excluding hydrogens is 385 g/mol. The molecule has 1 saturated heterocycles.